The maximum absolute atomic E-state index is 13.2. The summed E-state index contributed by atoms with van der Waals surface area (Å²) >= 11 is 5.84. The zero-order chi connectivity index (χ0) is 14.5. The van der Waals surface area contributed by atoms with Crippen LogP contribution in [0.3, 0.4) is 0 Å². The molecule has 0 amide bonds. The molecule has 0 bridgehead atoms. The van der Waals surface area contributed by atoms with Crippen LogP contribution in [-0.4, -0.2) is 7.11 Å². The van der Waals surface area contributed by atoms with Crippen LogP contribution in [0.25, 0.3) is 0 Å². The van der Waals surface area contributed by atoms with E-state index in [0.717, 1.165) is 16.9 Å². The fourth-order valence-electron chi connectivity index (χ4n) is 2.01. The van der Waals surface area contributed by atoms with E-state index in [-0.39, 0.29) is 11.9 Å². The molecule has 0 unspecified atom stereocenters. The number of methoxy groups -OCH3 is 1. The van der Waals surface area contributed by atoms with Gasteiger partial charge in [0.15, 0.2) is 0 Å². The Bertz CT molecular complexity index is 568. The molecule has 2 nitrogen and oxygen atoms in total. The van der Waals surface area contributed by atoms with Gasteiger partial charge in [-0.3, -0.25) is 0 Å². The van der Waals surface area contributed by atoms with Crippen molar-refractivity contribution < 1.29 is 9.13 Å². The lowest BCUT2D eigenvalue weighted by molar-refractivity contribution is 0.413. The van der Waals surface area contributed by atoms with E-state index < -0.39 is 0 Å². The van der Waals surface area contributed by atoms with Crippen LogP contribution in [0, 0.1) is 5.82 Å². The minimum atomic E-state index is -0.316. The molecule has 0 saturated heterocycles. The molecule has 0 spiro atoms. The average molecular weight is 294 g/mol. The van der Waals surface area contributed by atoms with Gasteiger partial charge in [0.2, 0.25) is 0 Å². The van der Waals surface area contributed by atoms with E-state index in [9.17, 15) is 4.39 Å². The molecule has 0 heterocycles. The smallest absolute Gasteiger partial charge is 0.125 e. The summed E-state index contributed by atoms with van der Waals surface area (Å²) in [6.45, 7) is 2.60. The van der Waals surface area contributed by atoms with Gasteiger partial charge in [-0.05, 0) is 48.4 Å². The van der Waals surface area contributed by atoms with Crippen molar-refractivity contribution >= 4 is 11.6 Å². The zero-order valence-electron chi connectivity index (χ0n) is 11.5. The Balaban J connectivity index is 2.02. The second kappa shape index (κ2) is 6.73. The highest BCUT2D eigenvalue weighted by Gasteiger charge is 2.07. The molecule has 0 aliphatic carbocycles. The van der Waals surface area contributed by atoms with Crippen LogP contribution < -0.4 is 10.1 Å². The maximum atomic E-state index is 13.2. The fraction of sp³-hybridized carbons (Fsp3) is 0.250. The van der Waals surface area contributed by atoms with E-state index in [0.29, 0.717) is 11.6 Å². The molecular formula is C16H17ClFNO. The summed E-state index contributed by atoms with van der Waals surface area (Å²) in [5.41, 5.74) is 1.94. The fourth-order valence-corrected chi connectivity index (χ4v) is 2.26. The van der Waals surface area contributed by atoms with Crippen LogP contribution in [0.2, 0.25) is 5.02 Å². The van der Waals surface area contributed by atoms with Gasteiger partial charge in [-0.25, -0.2) is 4.39 Å². The Kier molecular flexibility index (Phi) is 4.99. The van der Waals surface area contributed by atoms with E-state index in [1.165, 1.54) is 12.1 Å². The lowest BCUT2D eigenvalue weighted by atomic mass is 10.1. The van der Waals surface area contributed by atoms with Gasteiger partial charge >= 0.3 is 0 Å². The SMILES string of the molecule is COc1cccc([C@@H](C)NCc2cc(F)cc(Cl)c2)c1. The first-order valence-electron chi connectivity index (χ1n) is 6.41. The van der Waals surface area contributed by atoms with Crippen molar-refractivity contribution in [2.45, 2.75) is 19.5 Å². The highest BCUT2D eigenvalue weighted by atomic mass is 35.5. The van der Waals surface area contributed by atoms with Gasteiger partial charge in [0.05, 0.1) is 7.11 Å². The summed E-state index contributed by atoms with van der Waals surface area (Å²) in [6.07, 6.45) is 0. The topological polar surface area (TPSA) is 21.3 Å². The van der Waals surface area contributed by atoms with E-state index >= 15 is 0 Å². The van der Waals surface area contributed by atoms with E-state index in [2.05, 4.69) is 12.2 Å². The molecule has 20 heavy (non-hydrogen) atoms. The minimum Gasteiger partial charge on any atom is -0.497 e. The standard InChI is InChI=1S/C16H17ClFNO/c1-11(13-4-3-5-16(8-13)20-2)19-10-12-6-14(17)9-15(18)7-12/h3-9,11,19H,10H2,1-2H3/t11-/m1/s1. The Morgan fingerprint density at radius 3 is 2.75 bits per heavy atom. The molecule has 0 aromatic heterocycles. The van der Waals surface area contributed by atoms with Gasteiger partial charge in [0.1, 0.15) is 11.6 Å². The highest BCUT2D eigenvalue weighted by molar-refractivity contribution is 6.30. The van der Waals surface area contributed by atoms with Crippen LogP contribution >= 0.6 is 11.6 Å². The summed E-state index contributed by atoms with van der Waals surface area (Å²) in [4.78, 5) is 0. The van der Waals surface area contributed by atoms with Gasteiger partial charge in [-0.2, -0.15) is 0 Å². The summed E-state index contributed by atoms with van der Waals surface area (Å²) in [5.74, 6) is 0.508. The van der Waals surface area contributed by atoms with Crippen molar-refractivity contribution in [3.05, 3.63) is 64.4 Å². The summed E-state index contributed by atoms with van der Waals surface area (Å²) in [5, 5.41) is 3.75. The van der Waals surface area contributed by atoms with Crippen molar-refractivity contribution in [3.63, 3.8) is 0 Å². The van der Waals surface area contributed by atoms with E-state index in [1.807, 2.05) is 24.3 Å². The predicted molar refractivity (Wildman–Crippen MR) is 79.7 cm³/mol. The first-order chi connectivity index (χ1) is 9.58. The number of halogens is 2. The van der Waals surface area contributed by atoms with Crippen LogP contribution in [0.15, 0.2) is 42.5 Å². The van der Waals surface area contributed by atoms with E-state index in [4.69, 9.17) is 16.3 Å². The number of ether oxygens (including phenoxy) is 1. The largest absolute Gasteiger partial charge is 0.497 e. The lowest BCUT2D eigenvalue weighted by Gasteiger charge is -2.15. The van der Waals surface area contributed by atoms with Crippen molar-refractivity contribution in [2.24, 2.45) is 0 Å². The van der Waals surface area contributed by atoms with Gasteiger partial charge in [-0.1, -0.05) is 23.7 Å². The molecule has 0 fully saturated rings. The summed E-state index contributed by atoms with van der Waals surface area (Å²) in [6, 6.07) is 12.5. The lowest BCUT2D eigenvalue weighted by Crippen LogP contribution is -2.18. The third-order valence-corrected chi connectivity index (χ3v) is 3.35. The third-order valence-electron chi connectivity index (χ3n) is 3.13. The normalized spacial score (nSPS) is 12.2. The number of benzene rings is 2. The number of rotatable bonds is 5. The van der Waals surface area contributed by atoms with Gasteiger partial charge in [0.25, 0.3) is 0 Å². The average Bonchev–Trinajstić information content (AvgIpc) is 2.44. The molecule has 2 aromatic carbocycles. The Morgan fingerprint density at radius 1 is 1.25 bits per heavy atom. The Labute approximate surface area is 123 Å². The van der Waals surface area contributed by atoms with Crippen molar-refractivity contribution in [3.8, 4) is 5.75 Å². The monoisotopic (exact) mass is 293 g/mol. The summed E-state index contributed by atoms with van der Waals surface area (Å²) < 4.78 is 18.4. The van der Waals surface area contributed by atoms with Gasteiger partial charge < -0.3 is 10.1 Å². The first-order valence-corrected chi connectivity index (χ1v) is 6.78. The van der Waals surface area contributed by atoms with Crippen LogP contribution in [0.1, 0.15) is 24.1 Å². The molecule has 0 aliphatic rings. The van der Waals surface area contributed by atoms with Gasteiger partial charge in [0, 0.05) is 17.6 Å². The second-order valence-corrected chi connectivity index (χ2v) is 5.09. The quantitative estimate of drug-likeness (QED) is 0.885. The minimum absolute atomic E-state index is 0.132. The van der Waals surface area contributed by atoms with Gasteiger partial charge in [-0.15, -0.1) is 0 Å². The van der Waals surface area contributed by atoms with Crippen LogP contribution in [-0.2, 0) is 6.54 Å². The third kappa shape index (κ3) is 3.95. The predicted octanol–water partition coefficient (Wildman–Crippen LogP) is 4.34. The molecule has 0 radical (unpaired) electrons. The number of nitrogens with one attached hydrogen (secondary N) is 1. The molecule has 106 valence electrons. The van der Waals surface area contributed by atoms with Crippen molar-refractivity contribution in [2.75, 3.05) is 7.11 Å². The molecule has 1 N–H and O–H groups in total. The highest BCUT2D eigenvalue weighted by Crippen LogP contribution is 2.20. The van der Waals surface area contributed by atoms with E-state index in [1.54, 1.807) is 13.2 Å². The molecule has 0 saturated carbocycles. The molecule has 1 atom stereocenters. The van der Waals surface area contributed by atoms with Crippen molar-refractivity contribution in [1.82, 2.24) is 5.32 Å². The van der Waals surface area contributed by atoms with Crippen LogP contribution in [0.4, 0.5) is 4.39 Å². The molecular weight excluding hydrogens is 277 g/mol. The molecule has 4 heteroatoms. The van der Waals surface area contributed by atoms with Crippen molar-refractivity contribution in [1.29, 1.82) is 0 Å². The first kappa shape index (κ1) is 14.8. The Morgan fingerprint density at radius 2 is 2.05 bits per heavy atom. The molecule has 2 rings (SSSR count). The second-order valence-electron chi connectivity index (χ2n) is 4.66. The number of hydrogen-bond donors (Lipinski definition) is 1. The van der Waals surface area contributed by atoms with Crippen LogP contribution in [0.5, 0.6) is 5.75 Å². The maximum Gasteiger partial charge on any atom is 0.125 e. The summed E-state index contributed by atoms with van der Waals surface area (Å²) in [7, 11) is 1.64. The molecule has 2 aromatic rings. The number of hydrogen-bond acceptors (Lipinski definition) is 2. The Hall–Kier alpha value is -1.58. The molecule has 0 aliphatic heterocycles. The zero-order valence-corrected chi connectivity index (χ0v) is 12.2.